The van der Waals surface area contributed by atoms with Crippen molar-refractivity contribution in [3.63, 3.8) is 0 Å². The van der Waals surface area contributed by atoms with E-state index in [0.29, 0.717) is 5.41 Å². The van der Waals surface area contributed by atoms with E-state index in [9.17, 15) is 4.57 Å². The molecule has 0 bridgehead atoms. The molecule has 0 aromatic heterocycles. The first-order valence-corrected chi connectivity index (χ1v) is 14.2. The maximum atomic E-state index is 14.1. The summed E-state index contributed by atoms with van der Waals surface area (Å²) in [6.07, 6.45) is 13.4. The third-order valence-electron chi connectivity index (χ3n) is 9.74. The minimum Gasteiger partial charge on any atom is -0.314 e. The van der Waals surface area contributed by atoms with Crippen LogP contribution in [0.3, 0.4) is 0 Å². The van der Waals surface area contributed by atoms with Gasteiger partial charge < -0.3 is 4.57 Å². The number of benzene rings is 1. The normalized spacial score (nSPS) is 42.8. The van der Waals surface area contributed by atoms with E-state index < -0.39 is 7.14 Å². The van der Waals surface area contributed by atoms with Gasteiger partial charge in [-0.25, -0.2) is 0 Å². The summed E-state index contributed by atoms with van der Waals surface area (Å²) in [5, 5.41) is 2.36. The van der Waals surface area contributed by atoms with Gasteiger partial charge in [0.2, 0.25) is 0 Å². The molecule has 0 N–H and O–H groups in total. The molecule has 7 atom stereocenters. The summed E-state index contributed by atoms with van der Waals surface area (Å²) in [6, 6.07) is 10.3. The summed E-state index contributed by atoms with van der Waals surface area (Å²) in [5.41, 5.74) is 0.714. The van der Waals surface area contributed by atoms with E-state index in [1.54, 1.807) is 0 Å². The molecule has 29 heavy (non-hydrogen) atoms. The molecular weight excluding hydrogens is 371 g/mol. The van der Waals surface area contributed by atoms with Gasteiger partial charge in [0.05, 0.1) is 0 Å². The van der Waals surface area contributed by atoms with Crippen molar-refractivity contribution in [2.24, 2.45) is 40.4 Å². The highest BCUT2D eigenvalue weighted by Crippen LogP contribution is 2.70. The Hall–Kier alpha value is -0.810. The van der Waals surface area contributed by atoms with Crippen molar-refractivity contribution in [1.82, 2.24) is 0 Å². The molecule has 0 aliphatic heterocycles. The fourth-order valence-electron chi connectivity index (χ4n) is 8.36. The van der Waals surface area contributed by atoms with Gasteiger partial charge in [-0.3, -0.25) is 0 Å². The van der Waals surface area contributed by atoms with Gasteiger partial charge in [0.1, 0.15) is 7.14 Å². The largest absolute Gasteiger partial charge is 0.314 e. The minimum atomic E-state index is -2.48. The zero-order valence-electron chi connectivity index (χ0n) is 18.9. The van der Waals surface area contributed by atoms with Gasteiger partial charge >= 0.3 is 0 Å². The third-order valence-corrected chi connectivity index (χ3v) is 12.6. The Kier molecular flexibility index (Phi) is 4.75. The second kappa shape index (κ2) is 6.85. The van der Waals surface area contributed by atoms with Crippen LogP contribution in [0.4, 0.5) is 0 Å². The van der Waals surface area contributed by atoms with E-state index in [-0.39, 0.29) is 5.41 Å². The van der Waals surface area contributed by atoms with Crippen LogP contribution >= 0.6 is 7.14 Å². The van der Waals surface area contributed by atoms with E-state index in [0.717, 1.165) is 34.9 Å². The number of allylic oxidation sites excluding steroid dienone is 2. The van der Waals surface area contributed by atoms with Crippen LogP contribution < -0.4 is 5.30 Å². The molecule has 1 aromatic rings. The Morgan fingerprint density at radius 2 is 1.62 bits per heavy atom. The van der Waals surface area contributed by atoms with Crippen LogP contribution in [0.5, 0.6) is 0 Å². The summed E-state index contributed by atoms with van der Waals surface area (Å²) in [6.45, 7) is 9.49. The quantitative estimate of drug-likeness (QED) is 0.462. The lowest BCUT2D eigenvalue weighted by molar-refractivity contribution is -0.0592. The molecule has 1 aromatic carbocycles. The average molecular weight is 411 g/mol. The summed E-state index contributed by atoms with van der Waals surface area (Å²) in [7, 11) is -2.48. The maximum absolute atomic E-state index is 14.1. The lowest BCUT2D eigenvalue weighted by Gasteiger charge is -2.57. The fraction of sp³-hybridized carbons (Fsp3) is 0.704. The highest BCUT2D eigenvalue weighted by molar-refractivity contribution is 7.74. The molecule has 4 aliphatic rings. The molecule has 2 heteroatoms. The van der Waals surface area contributed by atoms with Crippen molar-refractivity contribution >= 4 is 12.4 Å². The molecule has 4 aliphatic carbocycles. The molecule has 5 rings (SSSR count). The second-order valence-electron chi connectivity index (χ2n) is 11.9. The first kappa shape index (κ1) is 20.1. The van der Waals surface area contributed by atoms with Crippen molar-refractivity contribution in [2.45, 2.75) is 72.1 Å². The van der Waals surface area contributed by atoms with Crippen LogP contribution in [0.15, 0.2) is 41.7 Å². The third kappa shape index (κ3) is 3.13. The predicted octanol–water partition coefficient (Wildman–Crippen LogP) is 7.48. The van der Waals surface area contributed by atoms with Gasteiger partial charge in [0.15, 0.2) is 0 Å². The Bertz CT molecular complexity index is 853. The standard InChI is InChI=1S/C27H39OP/c1-26(2)16-14-21-19(18-26)10-11-23-22(21)15-17-27(3)24(23)12-13-25(27)29(4,28)20-8-6-5-7-9-20/h5-9,13,19,21-24H,10-12,14-18H2,1-4H3/t19-,21+,22-,23-,24+,27+,29?/m1/s1. The monoisotopic (exact) mass is 410 g/mol. The van der Waals surface area contributed by atoms with Crippen LogP contribution in [-0.2, 0) is 4.57 Å². The summed E-state index contributed by atoms with van der Waals surface area (Å²) >= 11 is 0. The van der Waals surface area contributed by atoms with E-state index in [4.69, 9.17) is 0 Å². The molecular formula is C27H39OP. The van der Waals surface area contributed by atoms with Gasteiger partial charge in [-0.15, -0.1) is 0 Å². The summed E-state index contributed by atoms with van der Waals surface area (Å²) in [4.78, 5) is 0. The molecule has 158 valence electrons. The zero-order valence-corrected chi connectivity index (χ0v) is 19.8. The molecule has 0 spiro atoms. The first-order valence-electron chi connectivity index (χ1n) is 12.1. The maximum Gasteiger partial charge on any atom is 0.136 e. The Morgan fingerprint density at radius 1 is 0.897 bits per heavy atom. The van der Waals surface area contributed by atoms with Gasteiger partial charge in [-0.1, -0.05) is 57.2 Å². The number of hydrogen-bond donors (Lipinski definition) is 0. The van der Waals surface area contributed by atoms with Gasteiger partial charge in [-0.05, 0) is 104 Å². The SMILES string of the molecule is CC1(C)CC[C@H]2[C@H](CC[C@@H]3[C@@H]2CC[C@]2(C)C(P(C)(=O)c4ccccc4)=CC[C@@H]32)C1. The fourth-order valence-corrected chi connectivity index (χ4v) is 11.1. The molecule has 3 fully saturated rings. The van der Waals surface area contributed by atoms with Crippen molar-refractivity contribution < 1.29 is 4.57 Å². The minimum absolute atomic E-state index is 0.155. The molecule has 1 nitrogen and oxygen atoms in total. The highest BCUT2D eigenvalue weighted by Gasteiger charge is 2.57. The Balaban J connectivity index is 1.41. The van der Waals surface area contributed by atoms with Crippen molar-refractivity contribution in [3.8, 4) is 0 Å². The van der Waals surface area contributed by atoms with Crippen molar-refractivity contribution in [1.29, 1.82) is 0 Å². The number of fused-ring (bicyclic) bond motifs is 5. The first-order chi connectivity index (χ1) is 13.7. The van der Waals surface area contributed by atoms with Crippen LogP contribution in [0.25, 0.3) is 0 Å². The van der Waals surface area contributed by atoms with E-state index in [1.165, 1.54) is 56.7 Å². The van der Waals surface area contributed by atoms with Crippen LogP contribution in [-0.4, -0.2) is 6.66 Å². The van der Waals surface area contributed by atoms with Crippen molar-refractivity contribution in [2.75, 3.05) is 6.66 Å². The average Bonchev–Trinajstić information content (AvgIpc) is 3.05. The lowest BCUT2D eigenvalue weighted by atomic mass is 9.49. The molecule has 0 saturated heterocycles. The van der Waals surface area contributed by atoms with E-state index in [2.05, 4.69) is 39.0 Å². The van der Waals surface area contributed by atoms with Crippen LogP contribution in [0.2, 0.25) is 0 Å². The highest BCUT2D eigenvalue weighted by atomic mass is 31.2. The summed E-state index contributed by atoms with van der Waals surface area (Å²) < 4.78 is 14.1. The molecule has 0 radical (unpaired) electrons. The predicted molar refractivity (Wildman–Crippen MR) is 124 cm³/mol. The lowest BCUT2D eigenvalue weighted by Crippen LogP contribution is -2.48. The molecule has 0 amide bonds. The van der Waals surface area contributed by atoms with Gasteiger partial charge in [0, 0.05) is 5.30 Å². The van der Waals surface area contributed by atoms with E-state index in [1.807, 2.05) is 24.9 Å². The van der Waals surface area contributed by atoms with E-state index >= 15 is 0 Å². The topological polar surface area (TPSA) is 17.1 Å². The smallest absolute Gasteiger partial charge is 0.136 e. The summed E-state index contributed by atoms with van der Waals surface area (Å²) in [5.74, 6) is 4.46. The van der Waals surface area contributed by atoms with Crippen molar-refractivity contribution in [3.05, 3.63) is 41.7 Å². The van der Waals surface area contributed by atoms with Crippen LogP contribution in [0, 0.1) is 40.4 Å². The van der Waals surface area contributed by atoms with Crippen LogP contribution in [0.1, 0.15) is 72.1 Å². The number of rotatable bonds is 2. The Morgan fingerprint density at radius 3 is 2.38 bits per heavy atom. The molecule has 3 saturated carbocycles. The Labute approximate surface area is 178 Å². The second-order valence-corrected chi connectivity index (χ2v) is 14.7. The molecule has 0 heterocycles. The number of hydrogen-bond acceptors (Lipinski definition) is 1. The van der Waals surface area contributed by atoms with Gasteiger partial charge in [0.25, 0.3) is 0 Å². The molecule has 1 unspecified atom stereocenters. The van der Waals surface area contributed by atoms with Gasteiger partial charge in [-0.2, -0.15) is 0 Å². The zero-order chi connectivity index (χ0) is 20.4.